The molecular formula is C22H22N4O2. The third-order valence-corrected chi connectivity index (χ3v) is 4.79. The van der Waals surface area contributed by atoms with Crippen molar-refractivity contribution in [2.75, 3.05) is 31.1 Å². The Morgan fingerprint density at radius 1 is 0.857 bits per heavy atom. The van der Waals surface area contributed by atoms with Crippen molar-refractivity contribution in [1.82, 2.24) is 14.9 Å². The van der Waals surface area contributed by atoms with E-state index < -0.39 is 0 Å². The summed E-state index contributed by atoms with van der Waals surface area (Å²) in [6.07, 6.45) is 3.48. The van der Waals surface area contributed by atoms with Crippen LogP contribution in [-0.4, -0.2) is 47.0 Å². The maximum atomic E-state index is 13.1. The highest BCUT2D eigenvalue weighted by Gasteiger charge is 2.24. The quantitative estimate of drug-likeness (QED) is 0.687. The Balaban J connectivity index is 1.41. The molecule has 142 valence electrons. The lowest BCUT2D eigenvalue weighted by molar-refractivity contribution is 0.0743. The predicted octanol–water partition coefficient (Wildman–Crippen LogP) is 3.02. The van der Waals surface area contributed by atoms with Crippen LogP contribution in [0.15, 0.2) is 73.1 Å². The average Bonchev–Trinajstić information content (AvgIpc) is 2.79. The number of nitrogens with zero attached hydrogens (tertiary/aromatic N) is 4. The monoisotopic (exact) mass is 374 g/mol. The second-order valence-electron chi connectivity index (χ2n) is 6.59. The molecule has 0 spiro atoms. The van der Waals surface area contributed by atoms with Crippen molar-refractivity contribution in [3.63, 3.8) is 0 Å². The largest absolute Gasteiger partial charge is 0.489 e. The number of rotatable bonds is 5. The summed E-state index contributed by atoms with van der Waals surface area (Å²) < 4.78 is 5.85. The van der Waals surface area contributed by atoms with E-state index in [0.717, 1.165) is 24.4 Å². The van der Waals surface area contributed by atoms with Crippen molar-refractivity contribution < 1.29 is 9.53 Å². The number of para-hydroxylation sites is 1. The second-order valence-corrected chi connectivity index (χ2v) is 6.59. The Morgan fingerprint density at radius 2 is 1.54 bits per heavy atom. The van der Waals surface area contributed by atoms with Crippen LogP contribution in [0.4, 0.5) is 5.95 Å². The first kappa shape index (κ1) is 18.0. The van der Waals surface area contributed by atoms with Crippen molar-refractivity contribution in [3.8, 4) is 5.75 Å². The molecule has 1 aliphatic rings. The van der Waals surface area contributed by atoms with Gasteiger partial charge in [-0.05, 0) is 24.3 Å². The lowest BCUT2D eigenvalue weighted by Crippen LogP contribution is -2.49. The minimum absolute atomic E-state index is 0.0425. The molecule has 0 bridgehead atoms. The van der Waals surface area contributed by atoms with Gasteiger partial charge in [-0.3, -0.25) is 4.79 Å². The Morgan fingerprint density at radius 3 is 2.29 bits per heavy atom. The fraction of sp³-hybridized carbons (Fsp3) is 0.227. The summed E-state index contributed by atoms with van der Waals surface area (Å²) in [7, 11) is 0. The topological polar surface area (TPSA) is 58.6 Å². The maximum Gasteiger partial charge on any atom is 0.254 e. The summed E-state index contributed by atoms with van der Waals surface area (Å²) in [5.74, 6) is 1.55. The van der Waals surface area contributed by atoms with E-state index in [-0.39, 0.29) is 5.91 Å². The number of amides is 1. The molecule has 2 aromatic carbocycles. The van der Waals surface area contributed by atoms with Gasteiger partial charge in [-0.1, -0.05) is 36.4 Å². The van der Waals surface area contributed by atoms with Crippen LogP contribution < -0.4 is 9.64 Å². The third kappa shape index (κ3) is 4.11. The molecule has 0 unspecified atom stereocenters. The van der Waals surface area contributed by atoms with Crippen molar-refractivity contribution in [1.29, 1.82) is 0 Å². The van der Waals surface area contributed by atoms with E-state index >= 15 is 0 Å². The number of carbonyl (C=O) groups is 1. The van der Waals surface area contributed by atoms with Gasteiger partial charge in [0.2, 0.25) is 5.95 Å². The van der Waals surface area contributed by atoms with E-state index in [1.165, 1.54) is 0 Å². The van der Waals surface area contributed by atoms with E-state index in [0.29, 0.717) is 31.2 Å². The highest BCUT2D eigenvalue weighted by molar-refractivity contribution is 5.95. The van der Waals surface area contributed by atoms with E-state index in [1.807, 2.05) is 59.5 Å². The lowest BCUT2D eigenvalue weighted by atomic mass is 10.1. The van der Waals surface area contributed by atoms with Crippen LogP contribution >= 0.6 is 0 Å². The molecular weight excluding hydrogens is 352 g/mol. The number of benzene rings is 2. The average molecular weight is 374 g/mol. The molecule has 2 heterocycles. The van der Waals surface area contributed by atoms with Crippen LogP contribution in [0, 0.1) is 0 Å². The number of aromatic nitrogens is 2. The van der Waals surface area contributed by atoms with Gasteiger partial charge < -0.3 is 14.5 Å². The Kier molecular flexibility index (Phi) is 5.47. The van der Waals surface area contributed by atoms with Crippen LogP contribution in [0.25, 0.3) is 0 Å². The molecule has 6 heteroatoms. The molecule has 6 nitrogen and oxygen atoms in total. The summed E-state index contributed by atoms with van der Waals surface area (Å²) in [6, 6.07) is 19.1. The van der Waals surface area contributed by atoms with Gasteiger partial charge in [0.15, 0.2) is 0 Å². The fourth-order valence-corrected chi connectivity index (χ4v) is 3.27. The molecule has 0 aliphatic carbocycles. The third-order valence-electron chi connectivity index (χ3n) is 4.79. The number of hydrogen-bond donors (Lipinski definition) is 0. The van der Waals surface area contributed by atoms with Crippen LogP contribution in [0.1, 0.15) is 15.9 Å². The van der Waals surface area contributed by atoms with E-state index in [9.17, 15) is 4.79 Å². The van der Waals surface area contributed by atoms with Gasteiger partial charge in [-0.2, -0.15) is 0 Å². The van der Waals surface area contributed by atoms with Gasteiger partial charge in [0.1, 0.15) is 12.4 Å². The first-order valence-corrected chi connectivity index (χ1v) is 9.38. The van der Waals surface area contributed by atoms with Crippen molar-refractivity contribution >= 4 is 11.9 Å². The standard InChI is InChI=1S/C22H22N4O2/c27-21(25-13-15-26(16-14-25)22-23-11-6-12-24-22)20-10-5-4-7-18(20)17-28-19-8-2-1-3-9-19/h1-12H,13-17H2. The van der Waals surface area contributed by atoms with E-state index in [2.05, 4.69) is 14.9 Å². The van der Waals surface area contributed by atoms with Crippen molar-refractivity contribution in [2.45, 2.75) is 6.61 Å². The molecule has 3 aromatic rings. The molecule has 1 aliphatic heterocycles. The molecule has 28 heavy (non-hydrogen) atoms. The predicted molar refractivity (Wildman–Crippen MR) is 107 cm³/mol. The van der Waals surface area contributed by atoms with E-state index in [1.54, 1.807) is 18.5 Å². The summed E-state index contributed by atoms with van der Waals surface area (Å²) in [5, 5.41) is 0. The van der Waals surface area contributed by atoms with Crippen LogP contribution in [-0.2, 0) is 6.61 Å². The van der Waals surface area contributed by atoms with Crippen LogP contribution in [0.2, 0.25) is 0 Å². The van der Waals surface area contributed by atoms with Gasteiger partial charge in [0, 0.05) is 49.7 Å². The molecule has 1 aromatic heterocycles. The second kappa shape index (κ2) is 8.52. The smallest absolute Gasteiger partial charge is 0.254 e. The highest BCUT2D eigenvalue weighted by Crippen LogP contribution is 2.18. The Hall–Kier alpha value is -3.41. The van der Waals surface area contributed by atoms with E-state index in [4.69, 9.17) is 4.74 Å². The molecule has 0 N–H and O–H groups in total. The number of ether oxygens (including phenoxy) is 1. The van der Waals surface area contributed by atoms with Crippen molar-refractivity contribution in [2.24, 2.45) is 0 Å². The highest BCUT2D eigenvalue weighted by atomic mass is 16.5. The molecule has 1 amide bonds. The van der Waals surface area contributed by atoms with Gasteiger partial charge in [-0.15, -0.1) is 0 Å². The minimum atomic E-state index is 0.0425. The van der Waals surface area contributed by atoms with Gasteiger partial charge in [-0.25, -0.2) is 9.97 Å². The minimum Gasteiger partial charge on any atom is -0.489 e. The Bertz CT molecular complexity index is 910. The lowest BCUT2D eigenvalue weighted by Gasteiger charge is -2.35. The first-order chi connectivity index (χ1) is 13.8. The molecule has 0 saturated carbocycles. The Labute approximate surface area is 164 Å². The normalized spacial score (nSPS) is 14.0. The van der Waals surface area contributed by atoms with Gasteiger partial charge in [0.25, 0.3) is 5.91 Å². The molecule has 4 rings (SSSR count). The van der Waals surface area contributed by atoms with Crippen LogP contribution in [0.3, 0.4) is 0 Å². The van der Waals surface area contributed by atoms with Gasteiger partial charge >= 0.3 is 0 Å². The molecule has 0 radical (unpaired) electrons. The summed E-state index contributed by atoms with van der Waals surface area (Å²) in [4.78, 5) is 25.7. The number of piperazine rings is 1. The first-order valence-electron chi connectivity index (χ1n) is 9.38. The van der Waals surface area contributed by atoms with Crippen LogP contribution in [0.5, 0.6) is 5.75 Å². The van der Waals surface area contributed by atoms with Gasteiger partial charge in [0.05, 0.1) is 0 Å². The summed E-state index contributed by atoms with van der Waals surface area (Å²) >= 11 is 0. The van der Waals surface area contributed by atoms with Crippen molar-refractivity contribution in [3.05, 3.63) is 84.2 Å². The zero-order valence-corrected chi connectivity index (χ0v) is 15.6. The number of carbonyl (C=O) groups excluding carboxylic acids is 1. The summed E-state index contributed by atoms with van der Waals surface area (Å²) in [5.41, 5.74) is 1.59. The number of hydrogen-bond acceptors (Lipinski definition) is 5. The zero-order valence-electron chi connectivity index (χ0n) is 15.6. The summed E-state index contributed by atoms with van der Waals surface area (Å²) in [6.45, 7) is 3.09. The molecule has 1 fully saturated rings. The molecule has 0 atom stereocenters. The maximum absolute atomic E-state index is 13.1. The molecule has 1 saturated heterocycles. The number of anilines is 1. The zero-order chi connectivity index (χ0) is 19.2. The fourth-order valence-electron chi connectivity index (χ4n) is 3.27. The SMILES string of the molecule is O=C(c1ccccc1COc1ccccc1)N1CCN(c2ncccn2)CC1.